The van der Waals surface area contributed by atoms with E-state index in [2.05, 4.69) is 15.9 Å². The Labute approximate surface area is 136 Å². The molecule has 4 nitrogen and oxygen atoms in total. The van der Waals surface area contributed by atoms with Crippen LogP contribution in [0.15, 0.2) is 51.9 Å². The second-order valence-corrected chi connectivity index (χ2v) is 7.03. The number of hydrogen-bond donors (Lipinski definition) is 1. The van der Waals surface area contributed by atoms with Gasteiger partial charge in [0.25, 0.3) is 5.56 Å². The molecule has 1 heterocycles. The molecular weight excluding hydrogens is 346 g/mol. The SMILES string of the molecule is CC1(C)C(=O)c2ccc(Br)cc2C(n2ccccc2=O)C1O. The minimum absolute atomic E-state index is 0.109. The molecule has 2 aromatic rings. The van der Waals surface area contributed by atoms with Gasteiger partial charge in [-0.2, -0.15) is 0 Å². The highest BCUT2D eigenvalue weighted by Crippen LogP contribution is 2.43. The minimum Gasteiger partial charge on any atom is -0.390 e. The highest BCUT2D eigenvalue weighted by molar-refractivity contribution is 9.10. The standard InChI is InChI=1S/C17H16BrNO3/c1-17(2)15(21)11-7-6-10(18)9-12(11)14(16(17)22)19-8-4-3-5-13(19)20/h3-9,14,16,22H,1-2H3. The lowest BCUT2D eigenvalue weighted by Crippen LogP contribution is -2.49. The number of carbonyl (C=O) groups is 1. The molecule has 1 aliphatic carbocycles. The van der Waals surface area contributed by atoms with Gasteiger partial charge in [0, 0.05) is 22.3 Å². The fraction of sp³-hybridized carbons (Fsp3) is 0.294. The summed E-state index contributed by atoms with van der Waals surface area (Å²) in [7, 11) is 0. The van der Waals surface area contributed by atoms with E-state index in [1.165, 1.54) is 10.6 Å². The molecular formula is C17H16BrNO3. The number of Topliss-reactive ketones (excluding diaryl/α,β-unsaturated/α-hetero) is 1. The molecule has 3 rings (SSSR count). The smallest absolute Gasteiger partial charge is 0.251 e. The Bertz CT molecular complexity index is 810. The summed E-state index contributed by atoms with van der Waals surface area (Å²) in [5.41, 5.74) is 0.0576. The molecule has 1 aromatic carbocycles. The normalized spacial score (nSPS) is 23.2. The second kappa shape index (κ2) is 5.18. The van der Waals surface area contributed by atoms with Gasteiger partial charge in [0.15, 0.2) is 5.78 Å². The molecule has 2 unspecified atom stereocenters. The van der Waals surface area contributed by atoms with E-state index in [1.807, 2.05) is 0 Å². The van der Waals surface area contributed by atoms with Crippen molar-refractivity contribution in [2.45, 2.75) is 26.0 Å². The number of carbonyl (C=O) groups excluding carboxylic acids is 1. The van der Waals surface area contributed by atoms with Gasteiger partial charge in [-0.1, -0.05) is 22.0 Å². The first-order valence-corrected chi connectivity index (χ1v) is 7.83. The van der Waals surface area contributed by atoms with Crippen LogP contribution in [0.4, 0.5) is 0 Å². The number of hydrogen-bond acceptors (Lipinski definition) is 3. The average molecular weight is 362 g/mol. The summed E-state index contributed by atoms with van der Waals surface area (Å²) in [5, 5.41) is 10.8. The summed E-state index contributed by atoms with van der Waals surface area (Å²) >= 11 is 3.40. The van der Waals surface area contributed by atoms with Crippen LogP contribution in [0.1, 0.15) is 35.8 Å². The predicted molar refractivity (Wildman–Crippen MR) is 87.1 cm³/mol. The van der Waals surface area contributed by atoms with Crippen LogP contribution in [0, 0.1) is 5.41 Å². The number of rotatable bonds is 1. The lowest BCUT2D eigenvalue weighted by Gasteiger charge is -2.41. The van der Waals surface area contributed by atoms with Crippen LogP contribution < -0.4 is 5.56 Å². The third kappa shape index (κ3) is 2.16. The Hall–Kier alpha value is -1.72. The van der Waals surface area contributed by atoms with Crippen LogP contribution in [0.25, 0.3) is 0 Å². The Kier molecular flexibility index (Phi) is 3.57. The lowest BCUT2D eigenvalue weighted by molar-refractivity contribution is 0.0134. The number of nitrogens with zero attached hydrogens (tertiary/aromatic N) is 1. The summed E-state index contributed by atoms with van der Waals surface area (Å²) in [4.78, 5) is 24.9. The highest BCUT2D eigenvalue weighted by atomic mass is 79.9. The van der Waals surface area contributed by atoms with Gasteiger partial charge >= 0.3 is 0 Å². The third-order valence-corrected chi connectivity index (χ3v) is 4.84. The van der Waals surface area contributed by atoms with Crippen LogP contribution in [0.5, 0.6) is 0 Å². The van der Waals surface area contributed by atoms with Gasteiger partial charge < -0.3 is 9.67 Å². The van der Waals surface area contributed by atoms with E-state index in [-0.39, 0.29) is 11.3 Å². The summed E-state index contributed by atoms with van der Waals surface area (Å²) in [6.45, 7) is 3.43. The van der Waals surface area contributed by atoms with Gasteiger partial charge in [0.05, 0.1) is 17.6 Å². The maximum absolute atomic E-state index is 12.7. The summed E-state index contributed by atoms with van der Waals surface area (Å²) in [6.07, 6.45) is 0.661. The summed E-state index contributed by atoms with van der Waals surface area (Å²) in [6, 6.07) is 9.62. The number of benzene rings is 1. The van der Waals surface area contributed by atoms with Crippen LogP contribution in [-0.2, 0) is 0 Å². The van der Waals surface area contributed by atoms with Crippen molar-refractivity contribution in [1.29, 1.82) is 0 Å². The molecule has 22 heavy (non-hydrogen) atoms. The van der Waals surface area contributed by atoms with Crippen molar-refractivity contribution in [3.63, 3.8) is 0 Å². The Balaban J connectivity index is 2.32. The minimum atomic E-state index is -0.984. The first-order valence-electron chi connectivity index (χ1n) is 7.03. The number of halogens is 1. The molecule has 0 fully saturated rings. The molecule has 0 spiro atoms. The molecule has 0 bridgehead atoms. The predicted octanol–water partition coefficient (Wildman–Crippen LogP) is 2.78. The van der Waals surface area contributed by atoms with Crippen LogP contribution in [0.3, 0.4) is 0 Å². The van der Waals surface area contributed by atoms with Gasteiger partial charge in [0.1, 0.15) is 0 Å². The molecule has 1 aliphatic rings. The van der Waals surface area contributed by atoms with E-state index in [0.29, 0.717) is 11.1 Å². The molecule has 0 aliphatic heterocycles. The molecule has 0 radical (unpaired) electrons. The van der Waals surface area contributed by atoms with Crippen molar-refractivity contribution in [2.75, 3.05) is 0 Å². The van der Waals surface area contributed by atoms with Crippen LogP contribution in [0.2, 0.25) is 0 Å². The topological polar surface area (TPSA) is 59.3 Å². The molecule has 1 N–H and O–H groups in total. The fourth-order valence-electron chi connectivity index (χ4n) is 3.00. The Morgan fingerprint density at radius 1 is 1.18 bits per heavy atom. The van der Waals surface area contributed by atoms with Gasteiger partial charge in [-0.3, -0.25) is 9.59 Å². The average Bonchev–Trinajstić information content (AvgIpc) is 2.47. The zero-order valence-corrected chi connectivity index (χ0v) is 13.9. The largest absolute Gasteiger partial charge is 0.390 e. The number of ketones is 1. The number of fused-ring (bicyclic) bond motifs is 1. The van der Waals surface area contributed by atoms with Crippen LogP contribution in [-0.4, -0.2) is 21.6 Å². The monoisotopic (exact) mass is 361 g/mol. The molecule has 0 saturated carbocycles. The first-order chi connectivity index (χ1) is 10.3. The van der Waals surface area contributed by atoms with Gasteiger partial charge in [-0.05, 0) is 43.7 Å². The van der Waals surface area contributed by atoms with Crippen molar-refractivity contribution in [3.8, 4) is 0 Å². The summed E-state index contributed by atoms with van der Waals surface area (Å²) < 4.78 is 2.30. The van der Waals surface area contributed by atoms with E-state index < -0.39 is 17.6 Å². The van der Waals surface area contributed by atoms with Gasteiger partial charge in [-0.15, -0.1) is 0 Å². The number of aromatic nitrogens is 1. The fourth-order valence-corrected chi connectivity index (χ4v) is 3.38. The first kappa shape index (κ1) is 15.2. The van der Waals surface area contributed by atoms with Crippen LogP contribution >= 0.6 is 15.9 Å². The number of aliphatic hydroxyl groups is 1. The molecule has 0 amide bonds. The zero-order chi connectivity index (χ0) is 16.1. The lowest BCUT2D eigenvalue weighted by atomic mass is 9.68. The van der Waals surface area contributed by atoms with E-state index in [0.717, 1.165) is 4.47 Å². The van der Waals surface area contributed by atoms with E-state index in [9.17, 15) is 14.7 Å². The molecule has 2 atom stereocenters. The van der Waals surface area contributed by atoms with Crippen molar-refractivity contribution in [2.24, 2.45) is 5.41 Å². The summed E-state index contributed by atoms with van der Waals surface area (Å²) in [5.74, 6) is -0.109. The van der Waals surface area contributed by atoms with Crippen molar-refractivity contribution >= 4 is 21.7 Å². The van der Waals surface area contributed by atoms with E-state index in [1.54, 1.807) is 50.4 Å². The second-order valence-electron chi connectivity index (χ2n) is 6.12. The van der Waals surface area contributed by atoms with Crippen molar-refractivity contribution in [1.82, 2.24) is 4.57 Å². The quantitative estimate of drug-likeness (QED) is 0.849. The maximum Gasteiger partial charge on any atom is 0.251 e. The number of pyridine rings is 1. The Morgan fingerprint density at radius 3 is 2.59 bits per heavy atom. The Morgan fingerprint density at radius 2 is 1.91 bits per heavy atom. The molecule has 0 saturated heterocycles. The van der Waals surface area contributed by atoms with E-state index in [4.69, 9.17) is 0 Å². The third-order valence-electron chi connectivity index (χ3n) is 4.35. The highest BCUT2D eigenvalue weighted by Gasteiger charge is 2.48. The van der Waals surface area contributed by atoms with E-state index >= 15 is 0 Å². The zero-order valence-electron chi connectivity index (χ0n) is 12.3. The van der Waals surface area contributed by atoms with Crippen molar-refractivity contribution < 1.29 is 9.90 Å². The van der Waals surface area contributed by atoms with Gasteiger partial charge in [-0.25, -0.2) is 0 Å². The molecule has 5 heteroatoms. The van der Waals surface area contributed by atoms with Crippen molar-refractivity contribution in [3.05, 3.63) is 68.5 Å². The molecule has 114 valence electrons. The van der Waals surface area contributed by atoms with Gasteiger partial charge in [0.2, 0.25) is 0 Å². The molecule has 1 aromatic heterocycles. The maximum atomic E-state index is 12.7. The number of aliphatic hydroxyl groups excluding tert-OH is 1.